The molecule has 0 saturated heterocycles. The maximum Gasteiger partial charge on any atom is 0.330 e. The summed E-state index contributed by atoms with van der Waals surface area (Å²) in [5.74, 6) is 1.27. The number of hydrogen-bond acceptors (Lipinski definition) is 4. The Morgan fingerprint density at radius 2 is 1.52 bits per heavy atom. The number of aryl methyl sites for hydroxylation is 1. The molecule has 0 aliphatic rings. The molecular weight excluding hydrogens is 418 g/mol. The van der Waals surface area contributed by atoms with Crippen molar-refractivity contribution in [2.45, 2.75) is 26.2 Å². The van der Waals surface area contributed by atoms with E-state index in [1.54, 1.807) is 21.3 Å². The third kappa shape index (κ3) is 3.63. The van der Waals surface area contributed by atoms with Crippen molar-refractivity contribution in [1.82, 2.24) is 13.7 Å². The van der Waals surface area contributed by atoms with Crippen LogP contribution in [0.25, 0.3) is 27.8 Å². The molecule has 0 bridgehead atoms. The lowest BCUT2D eigenvalue weighted by atomic mass is 9.86. The summed E-state index contributed by atoms with van der Waals surface area (Å²) in [6.07, 6.45) is 1.81. The van der Waals surface area contributed by atoms with Crippen molar-refractivity contribution in [1.29, 1.82) is 0 Å². The van der Waals surface area contributed by atoms with Crippen molar-refractivity contribution in [3.63, 3.8) is 0 Å². The Morgan fingerprint density at radius 1 is 0.848 bits per heavy atom. The normalized spacial score (nSPS) is 11.7. The Hall–Kier alpha value is -3.74. The monoisotopic (exact) mass is 447 g/mol. The van der Waals surface area contributed by atoms with E-state index in [2.05, 4.69) is 32.9 Å². The van der Waals surface area contributed by atoms with Gasteiger partial charge in [-0.15, -0.1) is 0 Å². The first kappa shape index (κ1) is 22.5. The largest absolute Gasteiger partial charge is 0.497 e. The average molecular weight is 448 g/mol. The topological polar surface area (TPSA) is 67.4 Å². The highest BCUT2D eigenvalue weighted by atomic mass is 16.5. The molecule has 7 nitrogen and oxygen atoms in total. The van der Waals surface area contributed by atoms with Crippen LogP contribution in [-0.2, 0) is 19.5 Å². The number of benzene rings is 2. The third-order valence-electron chi connectivity index (χ3n) is 6.11. The second kappa shape index (κ2) is 7.99. The minimum Gasteiger partial charge on any atom is -0.497 e. The van der Waals surface area contributed by atoms with Gasteiger partial charge in [-0.3, -0.25) is 13.9 Å². The predicted octanol–water partition coefficient (Wildman–Crippen LogP) is 4.01. The van der Waals surface area contributed by atoms with Crippen molar-refractivity contribution in [3.05, 3.63) is 75.1 Å². The molecule has 2 heterocycles. The fraction of sp³-hybridized carbons (Fsp3) is 0.308. The lowest BCUT2D eigenvalue weighted by Gasteiger charge is -2.20. The van der Waals surface area contributed by atoms with Gasteiger partial charge >= 0.3 is 5.69 Å². The first-order valence-electron chi connectivity index (χ1n) is 10.7. The Balaban J connectivity index is 2.15. The minimum absolute atomic E-state index is 0.00135. The average Bonchev–Trinajstić information content (AvgIpc) is 3.21. The van der Waals surface area contributed by atoms with Crippen LogP contribution in [-0.4, -0.2) is 27.9 Å². The lowest BCUT2D eigenvalue weighted by Crippen LogP contribution is -2.36. The van der Waals surface area contributed by atoms with Gasteiger partial charge in [-0.25, -0.2) is 4.79 Å². The van der Waals surface area contributed by atoms with E-state index in [1.807, 2.05) is 41.1 Å². The van der Waals surface area contributed by atoms with Gasteiger partial charge in [0.2, 0.25) is 0 Å². The quantitative estimate of drug-likeness (QED) is 0.474. The van der Waals surface area contributed by atoms with E-state index < -0.39 is 0 Å². The molecule has 2 aromatic heterocycles. The fourth-order valence-corrected chi connectivity index (χ4v) is 4.13. The van der Waals surface area contributed by atoms with Gasteiger partial charge < -0.3 is 14.0 Å². The Morgan fingerprint density at radius 3 is 2.09 bits per heavy atom. The molecule has 0 unspecified atom stereocenters. The first-order chi connectivity index (χ1) is 15.6. The summed E-state index contributed by atoms with van der Waals surface area (Å²) >= 11 is 0. The van der Waals surface area contributed by atoms with Crippen molar-refractivity contribution in [2.24, 2.45) is 14.1 Å². The van der Waals surface area contributed by atoms with Gasteiger partial charge in [0.25, 0.3) is 5.56 Å². The van der Waals surface area contributed by atoms with Gasteiger partial charge in [0.1, 0.15) is 11.5 Å². The van der Waals surface area contributed by atoms with Crippen LogP contribution in [0.5, 0.6) is 11.5 Å². The van der Waals surface area contributed by atoms with Crippen LogP contribution in [0.15, 0.2) is 58.3 Å². The van der Waals surface area contributed by atoms with Crippen LogP contribution in [0.2, 0.25) is 0 Å². The van der Waals surface area contributed by atoms with Crippen molar-refractivity contribution < 1.29 is 9.47 Å². The third-order valence-corrected chi connectivity index (χ3v) is 6.11. The zero-order valence-electron chi connectivity index (χ0n) is 20.1. The molecule has 0 amide bonds. The molecule has 0 spiro atoms. The molecule has 7 heteroatoms. The summed E-state index contributed by atoms with van der Waals surface area (Å²) in [7, 11) is 6.37. The smallest absolute Gasteiger partial charge is 0.330 e. The molecule has 0 N–H and O–H groups in total. The molecule has 0 aliphatic carbocycles. The number of rotatable bonds is 4. The molecule has 0 fully saturated rings. The van der Waals surface area contributed by atoms with E-state index in [9.17, 15) is 9.59 Å². The van der Waals surface area contributed by atoms with Crippen molar-refractivity contribution >= 4 is 10.9 Å². The minimum atomic E-state index is -0.378. The molecule has 4 rings (SSSR count). The van der Waals surface area contributed by atoms with Crippen molar-refractivity contribution in [2.75, 3.05) is 14.2 Å². The van der Waals surface area contributed by atoms with Gasteiger partial charge in [-0.05, 0) is 28.7 Å². The number of hydrogen-bond donors (Lipinski definition) is 0. The van der Waals surface area contributed by atoms with Gasteiger partial charge in [-0.2, -0.15) is 0 Å². The summed E-state index contributed by atoms with van der Waals surface area (Å²) in [4.78, 5) is 26.0. The van der Waals surface area contributed by atoms with Crippen LogP contribution in [0, 0.1) is 0 Å². The van der Waals surface area contributed by atoms with E-state index >= 15 is 0 Å². The number of fused-ring (bicyclic) bond motifs is 1. The van der Waals surface area contributed by atoms with Crippen LogP contribution in [0.4, 0.5) is 0 Å². The molecular formula is C26H29N3O4. The molecule has 172 valence electrons. The molecule has 0 atom stereocenters. The number of methoxy groups -OCH3 is 2. The van der Waals surface area contributed by atoms with E-state index in [4.69, 9.17) is 9.47 Å². The molecule has 4 aromatic rings. The van der Waals surface area contributed by atoms with Gasteiger partial charge in [-0.1, -0.05) is 45.0 Å². The Labute approximate surface area is 192 Å². The molecule has 0 aliphatic heterocycles. The van der Waals surface area contributed by atoms with E-state index in [-0.39, 0.29) is 16.7 Å². The van der Waals surface area contributed by atoms with Gasteiger partial charge in [0.05, 0.1) is 36.5 Å². The standard InChI is InChI=1S/C26H29N3O4/c1-26(2,3)17-10-8-16(9-11-17)23-22-20(27(4)25(31)28(5)24(22)30)15-29(23)19-14-18(32-6)12-13-21(19)33-7/h8-15H,1-7H3. The first-order valence-corrected chi connectivity index (χ1v) is 10.7. The summed E-state index contributed by atoms with van der Waals surface area (Å²) in [6, 6.07) is 13.7. The number of ether oxygens (including phenoxy) is 2. The van der Waals surface area contributed by atoms with Crippen molar-refractivity contribution in [3.8, 4) is 28.4 Å². The molecule has 0 radical (unpaired) electrons. The maximum atomic E-state index is 13.3. The number of aromatic nitrogens is 3. The van der Waals surface area contributed by atoms with Gasteiger partial charge in [0, 0.05) is 26.4 Å². The highest BCUT2D eigenvalue weighted by Crippen LogP contribution is 2.36. The SMILES string of the molecule is COc1ccc(OC)c(-n2cc3c(c2-c2ccc(C(C)(C)C)cc2)c(=O)n(C)c(=O)n3C)c1. The summed E-state index contributed by atoms with van der Waals surface area (Å²) in [6.45, 7) is 6.48. The molecule has 2 aromatic carbocycles. The Kier molecular flexibility index (Phi) is 5.44. The number of nitrogens with zero attached hydrogens (tertiary/aromatic N) is 3. The second-order valence-corrected chi connectivity index (χ2v) is 9.18. The van der Waals surface area contributed by atoms with Gasteiger partial charge in [0.15, 0.2) is 0 Å². The molecule has 0 saturated carbocycles. The van der Waals surface area contributed by atoms with Crippen LogP contribution in [0.3, 0.4) is 0 Å². The van der Waals surface area contributed by atoms with Crippen LogP contribution in [0.1, 0.15) is 26.3 Å². The molecule has 33 heavy (non-hydrogen) atoms. The van der Waals surface area contributed by atoms with E-state index in [1.165, 1.54) is 17.2 Å². The van der Waals surface area contributed by atoms with E-state index in [0.717, 1.165) is 10.1 Å². The van der Waals surface area contributed by atoms with Crippen LogP contribution < -0.4 is 20.7 Å². The zero-order valence-corrected chi connectivity index (χ0v) is 20.1. The second-order valence-electron chi connectivity index (χ2n) is 9.18. The summed E-state index contributed by atoms with van der Waals surface area (Å²) in [5, 5.41) is 0.466. The predicted molar refractivity (Wildman–Crippen MR) is 131 cm³/mol. The highest BCUT2D eigenvalue weighted by molar-refractivity contribution is 5.95. The fourth-order valence-electron chi connectivity index (χ4n) is 4.13. The summed E-state index contributed by atoms with van der Waals surface area (Å²) < 4.78 is 15.6. The maximum absolute atomic E-state index is 13.3. The van der Waals surface area contributed by atoms with E-state index in [0.29, 0.717) is 33.8 Å². The summed E-state index contributed by atoms with van der Waals surface area (Å²) in [5.41, 5.74) is 3.26. The Bertz CT molecular complexity index is 1470. The zero-order chi connectivity index (χ0) is 24.1. The van der Waals surface area contributed by atoms with Crippen LogP contribution >= 0.6 is 0 Å². The highest BCUT2D eigenvalue weighted by Gasteiger charge is 2.23. The lowest BCUT2D eigenvalue weighted by molar-refractivity contribution is 0.401.